The van der Waals surface area contributed by atoms with Gasteiger partial charge in [-0.25, -0.2) is 0 Å². The van der Waals surface area contributed by atoms with Crippen LogP contribution < -0.4 is 0 Å². The predicted molar refractivity (Wildman–Crippen MR) is 57.6 cm³/mol. The minimum atomic E-state index is -1.15. The molecule has 0 spiro atoms. The molecule has 0 N–H and O–H groups in total. The molecule has 0 aliphatic heterocycles. The Morgan fingerprint density at radius 3 is 2.15 bits per heavy atom. The summed E-state index contributed by atoms with van der Waals surface area (Å²) in [4.78, 5) is 7.09. The molecule has 0 aromatic carbocycles. The lowest BCUT2D eigenvalue weighted by atomic mass is 10.4. The van der Waals surface area contributed by atoms with Gasteiger partial charge in [-0.1, -0.05) is 0 Å². The zero-order valence-corrected chi connectivity index (χ0v) is 10.6. The van der Waals surface area contributed by atoms with Crippen molar-refractivity contribution in [2.75, 3.05) is 6.61 Å². The van der Waals surface area contributed by atoms with Crippen molar-refractivity contribution in [3.63, 3.8) is 0 Å². The van der Waals surface area contributed by atoms with Crippen LogP contribution in [-0.2, 0) is 9.36 Å². The topological polar surface area (TPSA) is 21.7 Å². The molecule has 0 aliphatic rings. The van der Waals surface area contributed by atoms with Gasteiger partial charge in [0.15, 0.2) is 0 Å². The Hall–Kier alpha value is 0.600. The Balaban J connectivity index is 4.02. The average Bonchev–Trinajstić information content (AvgIpc) is 1.97. The van der Waals surface area contributed by atoms with Gasteiger partial charge < -0.3 is 4.52 Å². The fourth-order valence-electron chi connectivity index (χ4n) is 0.729. The maximum absolute atomic E-state index is 6.06. The van der Waals surface area contributed by atoms with Crippen molar-refractivity contribution in [2.45, 2.75) is 46.8 Å². The summed E-state index contributed by atoms with van der Waals surface area (Å²) in [5.41, 5.74) is 0. The highest BCUT2D eigenvalue weighted by Gasteiger charge is 2.22. The molecular weight excluding hydrogens is 209 g/mol. The molecule has 0 aromatic rings. The number of hydrogen-bond acceptors (Lipinski definition) is 3. The van der Waals surface area contributed by atoms with E-state index in [9.17, 15) is 0 Å². The van der Waals surface area contributed by atoms with Crippen LogP contribution in [0.1, 0.15) is 34.6 Å². The van der Waals surface area contributed by atoms with Gasteiger partial charge in [0.2, 0.25) is 7.65 Å². The van der Waals surface area contributed by atoms with Crippen LogP contribution >= 0.6 is 18.9 Å². The Labute approximate surface area is 87.0 Å². The zero-order valence-electron chi connectivity index (χ0n) is 8.95. The molecule has 80 valence electrons. The molecule has 0 radical (unpaired) electrons. The highest BCUT2D eigenvalue weighted by molar-refractivity contribution is 7.78. The highest BCUT2D eigenvalue weighted by atomic mass is 35.7. The lowest BCUT2D eigenvalue weighted by Crippen LogP contribution is -2.26. The standard InChI is InChI=1S/C8H19ClNO2P/c1-6-11-10(7(2)3)13(9)12-8(4)5/h7-8H,6H2,1-5H3. The average molecular weight is 228 g/mol. The van der Waals surface area contributed by atoms with Crippen molar-refractivity contribution < 1.29 is 9.36 Å². The van der Waals surface area contributed by atoms with Crippen LogP contribution in [0.4, 0.5) is 0 Å². The summed E-state index contributed by atoms with van der Waals surface area (Å²) in [6.07, 6.45) is 0.130. The van der Waals surface area contributed by atoms with Crippen molar-refractivity contribution in [1.29, 1.82) is 0 Å². The van der Waals surface area contributed by atoms with Crippen LogP contribution in [0.3, 0.4) is 0 Å². The van der Waals surface area contributed by atoms with Gasteiger partial charge in [-0.2, -0.15) is 0 Å². The molecule has 0 saturated heterocycles. The van der Waals surface area contributed by atoms with Crippen LogP contribution in [0.5, 0.6) is 0 Å². The van der Waals surface area contributed by atoms with Crippen LogP contribution in [0, 0.1) is 0 Å². The fraction of sp³-hybridized carbons (Fsp3) is 1.00. The van der Waals surface area contributed by atoms with Crippen molar-refractivity contribution in [2.24, 2.45) is 0 Å². The second-order valence-electron chi connectivity index (χ2n) is 3.19. The molecule has 0 rings (SSSR count). The van der Waals surface area contributed by atoms with Crippen molar-refractivity contribution in [3.8, 4) is 0 Å². The monoisotopic (exact) mass is 227 g/mol. The van der Waals surface area contributed by atoms with E-state index in [2.05, 4.69) is 0 Å². The van der Waals surface area contributed by atoms with E-state index in [0.717, 1.165) is 0 Å². The summed E-state index contributed by atoms with van der Waals surface area (Å²) in [6.45, 7) is 10.5. The molecule has 3 nitrogen and oxygen atoms in total. The van der Waals surface area contributed by atoms with Gasteiger partial charge >= 0.3 is 0 Å². The summed E-state index contributed by atoms with van der Waals surface area (Å²) in [5.74, 6) is 0. The van der Waals surface area contributed by atoms with Crippen LogP contribution in [0.25, 0.3) is 0 Å². The molecule has 1 unspecified atom stereocenters. The molecule has 13 heavy (non-hydrogen) atoms. The minimum absolute atomic E-state index is 0.130. The first-order chi connectivity index (χ1) is 5.99. The van der Waals surface area contributed by atoms with E-state index in [0.29, 0.717) is 6.61 Å². The van der Waals surface area contributed by atoms with Gasteiger partial charge in [-0.15, -0.1) is 4.83 Å². The smallest absolute Gasteiger partial charge is 0.232 e. The van der Waals surface area contributed by atoms with Gasteiger partial charge in [-0.3, -0.25) is 4.84 Å². The predicted octanol–water partition coefficient (Wildman–Crippen LogP) is 3.54. The minimum Gasteiger partial charge on any atom is -0.327 e. The Bertz CT molecular complexity index is 135. The molecule has 0 saturated carbocycles. The van der Waals surface area contributed by atoms with E-state index < -0.39 is 7.65 Å². The summed E-state index contributed by atoms with van der Waals surface area (Å²) in [6, 6.07) is 0.238. The third-order valence-electron chi connectivity index (χ3n) is 1.16. The van der Waals surface area contributed by atoms with Gasteiger partial charge in [0.05, 0.1) is 12.7 Å². The maximum Gasteiger partial charge on any atom is 0.232 e. The lowest BCUT2D eigenvalue weighted by Gasteiger charge is -2.28. The number of hydrogen-bond donors (Lipinski definition) is 0. The summed E-state index contributed by atoms with van der Waals surface area (Å²) in [7, 11) is -1.15. The number of halogens is 1. The molecular formula is C8H19ClNO2P. The van der Waals surface area contributed by atoms with Gasteiger partial charge in [0, 0.05) is 6.04 Å². The summed E-state index contributed by atoms with van der Waals surface area (Å²) < 4.78 is 5.46. The second-order valence-corrected chi connectivity index (χ2v) is 5.12. The third kappa shape index (κ3) is 5.82. The lowest BCUT2D eigenvalue weighted by molar-refractivity contribution is -0.103. The summed E-state index contributed by atoms with van der Waals surface area (Å²) >= 11 is 6.06. The molecule has 0 bridgehead atoms. The molecule has 0 amide bonds. The first kappa shape index (κ1) is 13.6. The Kier molecular flexibility index (Phi) is 7.29. The van der Waals surface area contributed by atoms with E-state index in [1.54, 1.807) is 4.83 Å². The van der Waals surface area contributed by atoms with Crippen LogP contribution in [0.2, 0.25) is 0 Å². The Morgan fingerprint density at radius 1 is 1.31 bits per heavy atom. The van der Waals surface area contributed by atoms with E-state index in [1.807, 2.05) is 34.6 Å². The van der Waals surface area contributed by atoms with E-state index in [-0.39, 0.29) is 12.1 Å². The largest absolute Gasteiger partial charge is 0.327 e. The number of nitrogens with zero attached hydrogens (tertiary/aromatic N) is 1. The first-order valence-corrected chi connectivity index (χ1v) is 6.65. The van der Waals surface area contributed by atoms with Gasteiger partial charge in [-0.05, 0) is 45.9 Å². The summed E-state index contributed by atoms with van der Waals surface area (Å²) in [5, 5.41) is 0. The molecule has 1 atom stereocenters. The van der Waals surface area contributed by atoms with Gasteiger partial charge in [0.25, 0.3) is 0 Å². The normalized spacial score (nSPS) is 14.5. The number of rotatable bonds is 6. The molecule has 0 fully saturated rings. The van der Waals surface area contributed by atoms with Crippen molar-refractivity contribution in [1.82, 2.24) is 4.83 Å². The Morgan fingerprint density at radius 2 is 1.85 bits per heavy atom. The number of hydroxylamine groups is 1. The SMILES string of the molecule is CCON(C(C)C)P(Cl)OC(C)C. The van der Waals surface area contributed by atoms with E-state index >= 15 is 0 Å². The van der Waals surface area contributed by atoms with Crippen molar-refractivity contribution in [3.05, 3.63) is 0 Å². The molecule has 0 aromatic heterocycles. The third-order valence-corrected chi connectivity index (χ3v) is 3.32. The molecule has 0 aliphatic carbocycles. The van der Waals surface area contributed by atoms with Gasteiger partial charge in [0.1, 0.15) is 0 Å². The van der Waals surface area contributed by atoms with E-state index in [4.69, 9.17) is 20.6 Å². The van der Waals surface area contributed by atoms with E-state index in [1.165, 1.54) is 0 Å². The van der Waals surface area contributed by atoms with Crippen LogP contribution in [-0.4, -0.2) is 23.6 Å². The zero-order chi connectivity index (χ0) is 10.4. The molecule has 5 heteroatoms. The second kappa shape index (κ2) is 6.97. The quantitative estimate of drug-likeness (QED) is 0.512. The first-order valence-electron chi connectivity index (χ1n) is 4.53. The highest BCUT2D eigenvalue weighted by Crippen LogP contribution is 2.49. The maximum atomic E-state index is 6.06. The van der Waals surface area contributed by atoms with Crippen molar-refractivity contribution >= 4 is 18.9 Å². The molecule has 0 heterocycles. The van der Waals surface area contributed by atoms with Crippen LogP contribution in [0.15, 0.2) is 0 Å². The fourth-order valence-corrected chi connectivity index (χ4v) is 2.87.